The Bertz CT molecular complexity index is 248. The number of carbonyl (C=O) groups excluding carboxylic acids is 1. The molecule has 1 aliphatic carbocycles. The van der Waals surface area contributed by atoms with E-state index in [4.69, 9.17) is 0 Å². The Labute approximate surface area is 98.6 Å². The lowest BCUT2D eigenvalue weighted by atomic mass is 9.95. The fourth-order valence-corrected chi connectivity index (χ4v) is 3.16. The maximum Gasteiger partial charge on any atom is 0.227 e. The fraction of sp³-hybridized carbons (Fsp3) is 0.923. The molecule has 0 radical (unpaired) electrons. The van der Waals surface area contributed by atoms with Crippen LogP contribution in [0, 0.1) is 11.8 Å². The van der Waals surface area contributed by atoms with E-state index in [1.165, 1.54) is 25.7 Å². The van der Waals surface area contributed by atoms with Crippen molar-refractivity contribution in [2.45, 2.75) is 45.6 Å². The van der Waals surface area contributed by atoms with Crippen LogP contribution in [-0.2, 0) is 4.79 Å². The van der Waals surface area contributed by atoms with E-state index in [-0.39, 0.29) is 5.92 Å². The van der Waals surface area contributed by atoms with Gasteiger partial charge in [0.05, 0.1) is 5.92 Å². The van der Waals surface area contributed by atoms with Crippen LogP contribution >= 0.6 is 0 Å². The molecule has 0 aromatic heterocycles. The van der Waals surface area contributed by atoms with E-state index >= 15 is 0 Å². The summed E-state index contributed by atoms with van der Waals surface area (Å²) in [5, 5.41) is 3.33. The van der Waals surface area contributed by atoms with Crippen LogP contribution in [0.1, 0.15) is 39.5 Å². The first-order chi connectivity index (χ1) is 7.74. The maximum atomic E-state index is 12.5. The van der Waals surface area contributed by atoms with Crippen molar-refractivity contribution in [2.75, 3.05) is 19.6 Å². The quantitative estimate of drug-likeness (QED) is 0.790. The van der Waals surface area contributed by atoms with Crippen molar-refractivity contribution in [3.05, 3.63) is 0 Å². The van der Waals surface area contributed by atoms with Gasteiger partial charge < -0.3 is 10.2 Å². The van der Waals surface area contributed by atoms with Crippen LogP contribution in [0.2, 0.25) is 0 Å². The zero-order chi connectivity index (χ0) is 11.5. The SMILES string of the molecule is CCN(C(=O)C1CNCC1C)C1CCCC1. The first-order valence-corrected chi connectivity index (χ1v) is 6.75. The molecule has 0 aromatic carbocycles. The van der Waals surface area contributed by atoms with Gasteiger partial charge in [-0.1, -0.05) is 19.8 Å². The second kappa shape index (κ2) is 5.17. The van der Waals surface area contributed by atoms with Gasteiger partial charge in [-0.15, -0.1) is 0 Å². The van der Waals surface area contributed by atoms with Crippen molar-refractivity contribution >= 4 is 5.91 Å². The van der Waals surface area contributed by atoms with Crippen LogP contribution in [-0.4, -0.2) is 36.5 Å². The number of amides is 1. The molecule has 2 atom stereocenters. The number of hydrogen-bond acceptors (Lipinski definition) is 2. The standard InChI is InChI=1S/C13H24N2O/c1-3-15(11-6-4-5-7-11)13(16)12-9-14-8-10(12)2/h10-12,14H,3-9H2,1-2H3. The Balaban J connectivity index is 1.99. The van der Waals surface area contributed by atoms with Gasteiger partial charge in [0.2, 0.25) is 5.91 Å². The van der Waals surface area contributed by atoms with Crippen LogP contribution in [0.25, 0.3) is 0 Å². The zero-order valence-corrected chi connectivity index (χ0v) is 10.5. The topological polar surface area (TPSA) is 32.3 Å². The van der Waals surface area contributed by atoms with Gasteiger partial charge in [-0.25, -0.2) is 0 Å². The summed E-state index contributed by atoms with van der Waals surface area (Å²) in [6.07, 6.45) is 5.03. The Morgan fingerprint density at radius 3 is 2.50 bits per heavy atom. The van der Waals surface area contributed by atoms with Crippen LogP contribution in [0.4, 0.5) is 0 Å². The molecule has 1 saturated carbocycles. The smallest absolute Gasteiger partial charge is 0.227 e. The Morgan fingerprint density at radius 2 is 2.00 bits per heavy atom. The van der Waals surface area contributed by atoms with E-state index in [0.29, 0.717) is 17.9 Å². The highest BCUT2D eigenvalue weighted by molar-refractivity contribution is 5.80. The third-order valence-electron chi connectivity index (χ3n) is 4.22. The third-order valence-corrected chi connectivity index (χ3v) is 4.22. The molecule has 0 aromatic rings. The highest BCUT2D eigenvalue weighted by atomic mass is 16.2. The van der Waals surface area contributed by atoms with Crippen molar-refractivity contribution in [3.63, 3.8) is 0 Å². The average Bonchev–Trinajstić information content (AvgIpc) is 2.90. The average molecular weight is 224 g/mol. The molecule has 2 unspecified atom stereocenters. The predicted molar refractivity (Wildman–Crippen MR) is 65.2 cm³/mol. The zero-order valence-electron chi connectivity index (χ0n) is 10.5. The lowest BCUT2D eigenvalue weighted by molar-refractivity contribution is -0.138. The summed E-state index contributed by atoms with van der Waals surface area (Å²) in [6.45, 7) is 7.06. The molecule has 3 nitrogen and oxygen atoms in total. The van der Waals surface area contributed by atoms with Gasteiger partial charge in [-0.2, -0.15) is 0 Å². The van der Waals surface area contributed by atoms with E-state index in [9.17, 15) is 4.79 Å². The third kappa shape index (κ3) is 2.24. The minimum atomic E-state index is 0.223. The van der Waals surface area contributed by atoms with Gasteiger partial charge in [-0.3, -0.25) is 4.79 Å². The van der Waals surface area contributed by atoms with Crippen molar-refractivity contribution in [2.24, 2.45) is 11.8 Å². The van der Waals surface area contributed by atoms with Crippen molar-refractivity contribution in [1.82, 2.24) is 10.2 Å². The second-order valence-corrected chi connectivity index (χ2v) is 5.30. The van der Waals surface area contributed by atoms with Gasteiger partial charge in [-0.05, 0) is 32.2 Å². The van der Waals surface area contributed by atoms with Crippen LogP contribution in [0.15, 0.2) is 0 Å². The van der Waals surface area contributed by atoms with E-state index < -0.39 is 0 Å². The molecule has 1 amide bonds. The highest BCUT2D eigenvalue weighted by Gasteiger charge is 2.35. The molecule has 0 bridgehead atoms. The van der Waals surface area contributed by atoms with E-state index in [1.54, 1.807) is 0 Å². The summed E-state index contributed by atoms with van der Waals surface area (Å²) in [5.74, 6) is 1.12. The normalized spacial score (nSPS) is 30.9. The molecule has 2 fully saturated rings. The molecule has 3 heteroatoms. The summed E-state index contributed by atoms with van der Waals surface area (Å²) in [6, 6.07) is 0.533. The summed E-state index contributed by atoms with van der Waals surface area (Å²) < 4.78 is 0. The predicted octanol–water partition coefficient (Wildman–Crippen LogP) is 1.63. The second-order valence-electron chi connectivity index (χ2n) is 5.30. The lowest BCUT2D eigenvalue weighted by Gasteiger charge is -2.31. The fourth-order valence-electron chi connectivity index (χ4n) is 3.16. The van der Waals surface area contributed by atoms with Gasteiger partial charge >= 0.3 is 0 Å². The summed E-state index contributed by atoms with van der Waals surface area (Å²) >= 11 is 0. The van der Waals surface area contributed by atoms with Crippen LogP contribution in [0.3, 0.4) is 0 Å². The Morgan fingerprint density at radius 1 is 1.31 bits per heavy atom. The van der Waals surface area contributed by atoms with Crippen molar-refractivity contribution < 1.29 is 4.79 Å². The minimum absolute atomic E-state index is 0.223. The van der Waals surface area contributed by atoms with Gasteiger partial charge in [0.1, 0.15) is 0 Å². The van der Waals surface area contributed by atoms with E-state index in [1.807, 2.05) is 0 Å². The molecular formula is C13H24N2O. The number of nitrogens with one attached hydrogen (secondary N) is 1. The first kappa shape index (κ1) is 11.9. The number of nitrogens with zero attached hydrogens (tertiary/aromatic N) is 1. The molecule has 92 valence electrons. The largest absolute Gasteiger partial charge is 0.340 e. The van der Waals surface area contributed by atoms with E-state index in [2.05, 4.69) is 24.1 Å². The molecule has 0 spiro atoms. The molecule has 1 saturated heterocycles. The van der Waals surface area contributed by atoms with Crippen molar-refractivity contribution in [3.8, 4) is 0 Å². The lowest BCUT2D eigenvalue weighted by Crippen LogP contribution is -2.44. The molecule has 1 aliphatic heterocycles. The molecule has 2 aliphatic rings. The van der Waals surface area contributed by atoms with Crippen molar-refractivity contribution in [1.29, 1.82) is 0 Å². The first-order valence-electron chi connectivity index (χ1n) is 6.75. The molecule has 1 heterocycles. The molecule has 16 heavy (non-hydrogen) atoms. The minimum Gasteiger partial charge on any atom is -0.340 e. The van der Waals surface area contributed by atoms with Crippen LogP contribution < -0.4 is 5.32 Å². The summed E-state index contributed by atoms with van der Waals surface area (Å²) in [5.41, 5.74) is 0. The number of carbonyl (C=O) groups is 1. The monoisotopic (exact) mass is 224 g/mol. The molecule has 1 N–H and O–H groups in total. The molecule has 2 rings (SSSR count). The Hall–Kier alpha value is -0.570. The molecular weight excluding hydrogens is 200 g/mol. The number of hydrogen-bond donors (Lipinski definition) is 1. The van der Waals surface area contributed by atoms with E-state index in [0.717, 1.165) is 19.6 Å². The Kier molecular flexibility index (Phi) is 3.85. The van der Waals surface area contributed by atoms with Gasteiger partial charge in [0.15, 0.2) is 0 Å². The highest BCUT2D eigenvalue weighted by Crippen LogP contribution is 2.27. The van der Waals surface area contributed by atoms with Gasteiger partial charge in [0.25, 0.3) is 0 Å². The maximum absolute atomic E-state index is 12.5. The van der Waals surface area contributed by atoms with Crippen LogP contribution in [0.5, 0.6) is 0 Å². The van der Waals surface area contributed by atoms with Gasteiger partial charge in [0, 0.05) is 19.1 Å². The summed E-state index contributed by atoms with van der Waals surface area (Å²) in [4.78, 5) is 14.6. The number of rotatable bonds is 3. The summed E-state index contributed by atoms with van der Waals surface area (Å²) in [7, 11) is 0.